The van der Waals surface area contributed by atoms with Crippen LogP contribution in [-0.4, -0.2) is 233 Å². The molecule has 124 heavy (non-hydrogen) atoms. The number of anilines is 6. The number of ether oxygens (including phenoxy) is 6. The molecule has 39 heteroatoms. The van der Waals surface area contributed by atoms with Gasteiger partial charge in [0, 0.05) is 91.2 Å². The van der Waals surface area contributed by atoms with Crippen molar-refractivity contribution in [2.24, 2.45) is 0 Å². The van der Waals surface area contributed by atoms with Crippen LogP contribution in [0.4, 0.5) is 61.2 Å². The van der Waals surface area contributed by atoms with Crippen LogP contribution in [0.25, 0.3) is 0 Å². The maximum absolute atomic E-state index is 15.2. The second-order valence-corrected chi connectivity index (χ2v) is 31.9. The predicted molar refractivity (Wildman–Crippen MR) is 450 cm³/mol. The van der Waals surface area contributed by atoms with Crippen molar-refractivity contribution in [2.75, 3.05) is 112 Å². The number of halogens is 9. The first kappa shape index (κ1) is 89.7. The van der Waals surface area contributed by atoms with Crippen molar-refractivity contribution in [3.8, 4) is 52.1 Å². The van der Waals surface area contributed by atoms with Gasteiger partial charge in [0.2, 0.25) is 35.5 Å². The number of carbonyl (C=O) groups is 6. The highest BCUT2D eigenvalue weighted by Gasteiger charge is 2.39. The normalized spacial score (nSPS) is 19.9. The van der Waals surface area contributed by atoms with Crippen LogP contribution >= 0.6 is 34.8 Å². The molecular formula is C85H89Cl3F6N18O12. The van der Waals surface area contributed by atoms with E-state index in [1.165, 1.54) is 58.1 Å². The molecule has 0 unspecified atom stereocenters. The van der Waals surface area contributed by atoms with E-state index in [0.717, 1.165) is 34.9 Å². The van der Waals surface area contributed by atoms with E-state index in [2.05, 4.69) is 61.8 Å². The van der Waals surface area contributed by atoms with Gasteiger partial charge in [-0.05, 0) is 114 Å². The minimum Gasteiger partial charge on any atom is -0.495 e. The fourth-order valence-corrected chi connectivity index (χ4v) is 15.3. The number of likely N-dealkylation sites (tertiary alicyclic amines) is 3. The molecule has 3 aromatic heterocycles. The summed E-state index contributed by atoms with van der Waals surface area (Å²) in [5.41, 5.74) is 3.24. The highest BCUT2D eigenvalue weighted by atomic mass is 35.5. The molecule has 0 aliphatic carbocycles. The van der Waals surface area contributed by atoms with E-state index in [1.807, 2.05) is 60.6 Å². The number of alkyl halides is 3. The first-order valence-electron chi connectivity index (χ1n) is 39.4. The summed E-state index contributed by atoms with van der Waals surface area (Å²) in [6.07, 6.45) is 1.33. The first-order chi connectivity index (χ1) is 59.2. The molecule has 6 amide bonds. The molecule has 654 valence electrons. The van der Waals surface area contributed by atoms with Crippen molar-refractivity contribution < 1.29 is 83.5 Å². The number of nitrogens with one attached hydrogen (secondary N) is 6. The molecule has 3 fully saturated rings. The second-order valence-electron chi connectivity index (χ2n) is 30.7. The van der Waals surface area contributed by atoms with Crippen molar-refractivity contribution in [3.63, 3.8) is 0 Å². The number of piperidine rings is 3. The fourth-order valence-electron chi connectivity index (χ4n) is 14.9. The average Bonchev–Trinajstić information content (AvgIpc) is 1.62. The van der Waals surface area contributed by atoms with Gasteiger partial charge >= 0.3 is 0 Å². The van der Waals surface area contributed by atoms with Crippen molar-refractivity contribution >= 4 is 105 Å². The number of rotatable bonds is 22. The lowest BCUT2D eigenvalue weighted by Gasteiger charge is -2.37. The maximum Gasteiger partial charge on any atom is 0.258 e. The highest BCUT2D eigenvalue weighted by molar-refractivity contribution is 6.32. The van der Waals surface area contributed by atoms with Crippen LogP contribution in [0.5, 0.6) is 52.1 Å². The van der Waals surface area contributed by atoms with Crippen LogP contribution in [0.15, 0.2) is 110 Å². The molecule has 15 rings (SSSR count). The molecule has 0 saturated carbocycles. The van der Waals surface area contributed by atoms with Crippen LogP contribution < -0.4 is 60.3 Å². The number of nitrogens with zero attached hydrogens (tertiary/aromatic N) is 12. The van der Waals surface area contributed by atoms with Gasteiger partial charge in [-0.1, -0.05) is 71.2 Å². The zero-order chi connectivity index (χ0) is 89.0. The van der Waals surface area contributed by atoms with E-state index >= 15 is 13.2 Å². The van der Waals surface area contributed by atoms with Crippen molar-refractivity contribution in [2.45, 2.75) is 108 Å². The molecule has 6 aliphatic rings. The minimum absolute atomic E-state index is 0.00285. The number of benzene rings is 6. The standard InChI is InChI=1S/C30H33ClF2N6O4.C28H29ClF2N6O4.C27H27ClF2N6O4/c1-15(2)39-10-9-22(21(33)14-39)35-27(40)18-11-25(42-5)23(12-20(18)32)36-30-34-13-19(31)28(37-30)43-24-8-6-7-17-16(3)38(4)29(41)26(17)24;1-14-15-6-5-7-22(24(15)27(39)37(14)3)41-26-17(29)12-32-28(35-26)34-21-11-18(30)16(10-23(21)40-4)25(38)33-20-8-9-36(2)13-19(20)31;1-35-8-7-19(18(30)13-35)32-24(37)15-9-22(39-3)20(10-17(15)29)33-27-31-11-16(28)25(34-27)40-21-6-4-5-14-12-36(2)26(38)23(14)21/h6-8,11-13,15-16,21-22H,9-10,14H2,1-5H3,(H,35,40)(H,34,36,37);5-7,10-12,14,19-20H,8-9,13H2,1-4H3,(H,33,38)(H,32,34,35);4-6,9-11,18-19H,7-8,12-13H2,1-3H3,(H,32,37)(H,31,33,34)/t16-,21+,22-;14-,19+,20-;18-,19+/m000/s1. The topological polar surface area (TPSA) is 327 Å². The van der Waals surface area contributed by atoms with Crippen LogP contribution in [0.1, 0.15) is 138 Å². The third-order valence-electron chi connectivity index (χ3n) is 22.2. The number of aromatic nitrogens is 6. The molecule has 0 bridgehead atoms. The van der Waals surface area contributed by atoms with Gasteiger partial charge in [-0.15, -0.1) is 0 Å². The van der Waals surface area contributed by atoms with Crippen LogP contribution in [0, 0.1) is 17.5 Å². The molecule has 0 spiro atoms. The molecule has 3 saturated heterocycles. The van der Waals surface area contributed by atoms with E-state index in [4.69, 9.17) is 63.2 Å². The predicted octanol–water partition coefficient (Wildman–Crippen LogP) is 14.4. The summed E-state index contributed by atoms with van der Waals surface area (Å²) >= 11 is 18.9. The van der Waals surface area contributed by atoms with Crippen LogP contribution in [0.3, 0.4) is 0 Å². The summed E-state index contributed by atoms with van der Waals surface area (Å²) in [7, 11) is 12.8. The SMILES string of the molecule is COc1cc(C(=O)N[C@@H]2CCN(C)C[C@@H]2F)c(F)cc1Nc1ncc(Cl)c(Oc2cccc3c2C(=O)N(C)C3)n1.COc1cc(C(=O)N[C@H]2CCN(C(C)C)C[C@H]2F)c(F)cc1Nc1ncc(Cl)c(Oc2cccc3c2C(=O)N(C)[C@H]3C)n1.COc1cc(C(=O)N[C@H]2CCN(C)C[C@H]2F)c(F)cc1Nc1ncc(Cl)c(Oc2cccc3c2C(=O)N(C)[C@H]3C)n1. The molecule has 9 heterocycles. The number of hydrogen-bond donors (Lipinski definition) is 6. The summed E-state index contributed by atoms with van der Waals surface area (Å²) in [6, 6.07) is 20.5. The fraction of sp³-hybridized carbons (Fsp3) is 0.365. The molecule has 6 aromatic carbocycles. The molecule has 0 radical (unpaired) electrons. The zero-order valence-electron chi connectivity index (χ0n) is 69.3. The molecule has 8 atom stereocenters. The molecule has 30 nitrogen and oxygen atoms in total. The van der Waals surface area contributed by atoms with E-state index in [-0.39, 0.29) is 174 Å². The van der Waals surface area contributed by atoms with Gasteiger partial charge in [-0.2, -0.15) is 15.0 Å². The monoisotopic (exact) mass is 1770 g/mol. The summed E-state index contributed by atoms with van der Waals surface area (Å²) in [4.78, 5) is 112. The zero-order valence-corrected chi connectivity index (χ0v) is 71.6. The Morgan fingerprint density at radius 1 is 0.460 bits per heavy atom. The summed E-state index contributed by atoms with van der Waals surface area (Å²) in [5, 5.41) is 16.6. The third-order valence-corrected chi connectivity index (χ3v) is 22.9. The Bertz CT molecular complexity index is 5600. The smallest absolute Gasteiger partial charge is 0.258 e. The Morgan fingerprint density at radius 2 is 0.798 bits per heavy atom. The Hall–Kier alpha value is -12.1. The van der Waals surface area contributed by atoms with Gasteiger partial charge in [0.15, 0.2) is 0 Å². The third kappa shape index (κ3) is 19.6. The number of methoxy groups -OCH3 is 3. The largest absolute Gasteiger partial charge is 0.495 e. The lowest BCUT2D eigenvalue weighted by Crippen LogP contribution is -2.53. The average molecular weight is 1780 g/mol. The van der Waals surface area contributed by atoms with Crippen LogP contribution in [-0.2, 0) is 6.54 Å². The number of amides is 6. The quantitative estimate of drug-likeness (QED) is 0.0343. The van der Waals surface area contributed by atoms with E-state index < -0.39 is 71.8 Å². The molecule has 6 N–H and O–H groups in total. The Balaban J connectivity index is 0.000000160. The Morgan fingerprint density at radius 3 is 1.14 bits per heavy atom. The number of hydrogen-bond acceptors (Lipinski definition) is 24. The van der Waals surface area contributed by atoms with Gasteiger partial charge in [0.05, 0.1) is 121 Å². The van der Waals surface area contributed by atoms with Crippen LogP contribution in [0.2, 0.25) is 15.1 Å². The minimum atomic E-state index is -1.27. The molecule has 6 aliphatic heterocycles. The van der Waals surface area contributed by atoms with Gasteiger partial charge in [-0.25, -0.2) is 41.3 Å². The van der Waals surface area contributed by atoms with Crippen molar-refractivity contribution in [1.82, 2.24) is 75.3 Å². The Labute approximate surface area is 724 Å². The summed E-state index contributed by atoms with van der Waals surface area (Å²) in [6.45, 7) is 10.7. The second kappa shape index (κ2) is 38.4. The lowest BCUT2D eigenvalue weighted by atomic mass is 10.0. The van der Waals surface area contributed by atoms with Gasteiger partial charge < -0.3 is 84.8 Å². The molecule has 9 aromatic rings. The summed E-state index contributed by atoms with van der Waals surface area (Å²) in [5.74, 6) is -4.17. The maximum atomic E-state index is 15.2. The van der Waals surface area contributed by atoms with Gasteiger partial charge in [-0.3, -0.25) is 33.7 Å². The lowest BCUT2D eigenvalue weighted by molar-refractivity contribution is 0.0691. The van der Waals surface area contributed by atoms with E-state index in [1.54, 1.807) is 86.3 Å². The molecular weight excluding hydrogens is 1690 g/mol. The number of fused-ring (bicyclic) bond motifs is 3. The first-order valence-corrected chi connectivity index (χ1v) is 40.5. The number of carbonyl (C=O) groups excluding carboxylic acids is 6. The summed E-state index contributed by atoms with van der Waals surface area (Å²) < 4.78 is 123. The highest BCUT2D eigenvalue weighted by Crippen LogP contribution is 2.44. The van der Waals surface area contributed by atoms with Crippen molar-refractivity contribution in [3.05, 3.63) is 192 Å². The van der Waals surface area contributed by atoms with E-state index in [0.29, 0.717) is 62.1 Å². The van der Waals surface area contributed by atoms with Gasteiger partial charge in [0.25, 0.3) is 35.4 Å². The van der Waals surface area contributed by atoms with Gasteiger partial charge in [0.1, 0.15) is 85.5 Å². The Kier molecular flexibility index (Phi) is 27.7. The van der Waals surface area contributed by atoms with E-state index in [9.17, 15) is 41.9 Å². The van der Waals surface area contributed by atoms with Crippen molar-refractivity contribution in [1.29, 1.82) is 0 Å².